The number of unbranched alkanes of at least 4 members (excludes halogenated alkanes) is 49. The average Bonchev–Trinajstić information content (AvgIpc) is 3.49. The van der Waals surface area contributed by atoms with Crippen LogP contribution in [0.25, 0.3) is 0 Å². The van der Waals surface area contributed by atoms with Crippen molar-refractivity contribution in [3.8, 4) is 0 Å². The topological polar surface area (TPSA) is 189 Å². The van der Waals surface area contributed by atoms with Gasteiger partial charge >= 0.3 is 0 Å². The number of allylic oxidation sites excluding steroid dienone is 2. The molecule has 0 aromatic rings. The van der Waals surface area contributed by atoms with Crippen LogP contribution < -0.4 is 5.32 Å². The second kappa shape index (κ2) is 59.2. The summed E-state index contributed by atoms with van der Waals surface area (Å²) in [5, 5.41) is 76.4. The molecule has 1 aliphatic rings. The van der Waals surface area contributed by atoms with E-state index in [0.29, 0.717) is 19.3 Å². The Morgan fingerprint density at radius 2 is 0.716 bits per heavy atom. The zero-order valence-corrected chi connectivity index (χ0v) is 53.3. The van der Waals surface area contributed by atoms with Crippen molar-refractivity contribution in [2.75, 3.05) is 13.2 Å². The molecule has 8 N–H and O–H groups in total. The van der Waals surface area contributed by atoms with Gasteiger partial charge in [-0.15, -0.1) is 0 Å². The van der Waals surface area contributed by atoms with Crippen molar-refractivity contribution in [2.24, 2.45) is 0 Å². The monoisotopic (exact) mass is 1150 g/mol. The third-order valence-corrected chi connectivity index (χ3v) is 17.6. The summed E-state index contributed by atoms with van der Waals surface area (Å²) in [6, 6.07) is -1.17. The maximum absolute atomic E-state index is 13.2. The van der Waals surface area contributed by atoms with Gasteiger partial charge in [0.15, 0.2) is 6.29 Å². The van der Waals surface area contributed by atoms with Gasteiger partial charge in [0.05, 0.1) is 25.4 Å². The van der Waals surface area contributed by atoms with Crippen molar-refractivity contribution in [3.05, 3.63) is 12.2 Å². The van der Waals surface area contributed by atoms with Gasteiger partial charge in [-0.2, -0.15) is 0 Å². The van der Waals surface area contributed by atoms with E-state index in [2.05, 4.69) is 31.3 Å². The summed E-state index contributed by atoms with van der Waals surface area (Å²) in [6.45, 7) is 3.51. The number of amides is 1. The molecule has 0 radical (unpaired) electrons. The molecule has 1 heterocycles. The van der Waals surface area contributed by atoms with E-state index in [0.717, 1.165) is 38.5 Å². The van der Waals surface area contributed by atoms with E-state index in [1.54, 1.807) is 0 Å². The van der Waals surface area contributed by atoms with Crippen LogP contribution in [0.4, 0.5) is 0 Å². The summed E-state index contributed by atoms with van der Waals surface area (Å²) in [4.78, 5) is 13.2. The first-order valence-corrected chi connectivity index (χ1v) is 35.6. The standard InChI is InChI=1S/C70H137NO10/c1-3-5-7-9-11-13-15-17-19-21-22-23-24-25-26-27-28-29-30-31-32-33-34-35-36-37-38-39-40-41-42-44-46-48-50-52-54-56-58-63(74)69(79)71-61(60-80-70-68(78)67(77)66(76)64(59-72)81-70)65(75)62(73)57-55-53-51-49-47-45-43-20-18-16-14-12-10-8-6-4-2/h31-32,61-68,70,72-78H,3-30,33-60H2,1-2H3,(H,71,79)/b32-31-. The number of nitrogens with one attached hydrogen (secondary N) is 1. The smallest absolute Gasteiger partial charge is 0.249 e. The minimum Gasteiger partial charge on any atom is -0.394 e. The van der Waals surface area contributed by atoms with E-state index in [4.69, 9.17) is 9.47 Å². The molecule has 0 aromatic carbocycles. The first-order valence-electron chi connectivity index (χ1n) is 35.6. The van der Waals surface area contributed by atoms with Gasteiger partial charge in [-0.05, 0) is 38.5 Å². The van der Waals surface area contributed by atoms with Gasteiger partial charge in [-0.3, -0.25) is 4.79 Å². The van der Waals surface area contributed by atoms with E-state index in [-0.39, 0.29) is 6.42 Å². The van der Waals surface area contributed by atoms with Gasteiger partial charge in [0, 0.05) is 0 Å². The lowest BCUT2D eigenvalue weighted by Gasteiger charge is -2.40. The number of carbonyl (C=O) groups excluding carboxylic acids is 1. The van der Waals surface area contributed by atoms with Crippen LogP contribution in [0.2, 0.25) is 0 Å². The highest BCUT2D eigenvalue weighted by atomic mass is 16.7. The molecule has 1 rings (SSSR count). The van der Waals surface area contributed by atoms with Crippen LogP contribution in [0.1, 0.15) is 361 Å². The van der Waals surface area contributed by atoms with E-state index in [9.17, 15) is 40.5 Å². The van der Waals surface area contributed by atoms with Crippen LogP contribution >= 0.6 is 0 Å². The second-order valence-electron chi connectivity index (χ2n) is 25.3. The van der Waals surface area contributed by atoms with Crippen molar-refractivity contribution >= 4 is 5.91 Å². The molecule has 1 aliphatic heterocycles. The second-order valence-corrected chi connectivity index (χ2v) is 25.3. The van der Waals surface area contributed by atoms with Gasteiger partial charge in [-0.1, -0.05) is 334 Å². The molecule has 482 valence electrons. The minimum absolute atomic E-state index is 0.265. The highest BCUT2D eigenvalue weighted by Gasteiger charge is 2.44. The summed E-state index contributed by atoms with van der Waals surface area (Å²) < 4.78 is 11.2. The molecule has 1 amide bonds. The predicted octanol–water partition coefficient (Wildman–Crippen LogP) is 17.0. The van der Waals surface area contributed by atoms with Crippen molar-refractivity contribution in [1.29, 1.82) is 0 Å². The van der Waals surface area contributed by atoms with Gasteiger partial charge in [-0.25, -0.2) is 0 Å². The van der Waals surface area contributed by atoms with Crippen LogP contribution in [-0.2, 0) is 14.3 Å². The molecule has 0 aromatic heterocycles. The fraction of sp³-hybridized carbons (Fsp3) is 0.957. The lowest BCUT2D eigenvalue weighted by Crippen LogP contribution is -2.60. The van der Waals surface area contributed by atoms with Crippen LogP contribution in [-0.4, -0.2) is 110 Å². The number of hydrogen-bond donors (Lipinski definition) is 8. The number of hydrogen-bond acceptors (Lipinski definition) is 10. The fourth-order valence-electron chi connectivity index (χ4n) is 11.9. The maximum atomic E-state index is 13.2. The number of rotatable bonds is 63. The molecule has 9 unspecified atom stereocenters. The molecule has 0 bridgehead atoms. The van der Waals surface area contributed by atoms with Crippen molar-refractivity contribution in [2.45, 2.75) is 416 Å². The lowest BCUT2D eigenvalue weighted by atomic mass is 9.98. The van der Waals surface area contributed by atoms with Crippen LogP contribution in [0, 0.1) is 0 Å². The molecule has 11 heteroatoms. The Hall–Kier alpha value is -1.15. The zero-order valence-electron chi connectivity index (χ0n) is 53.3. The highest BCUT2D eigenvalue weighted by molar-refractivity contribution is 5.80. The summed E-state index contributed by atoms with van der Waals surface area (Å²) in [7, 11) is 0. The largest absolute Gasteiger partial charge is 0.394 e. The van der Waals surface area contributed by atoms with Gasteiger partial charge in [0.2, 0.25) is 5.91 Å². The Balaban J connectivity index is 2.10. The van der Waals surface area contributed by atoms with Crippen LogP contribution in [0.5, 0.6) is 0 Å². The molecule has 9 atom stereocenters. The van der Waals surface area contributed by atoms with Crippen molar-refractivity contribution < 1.29 is 50.0 Å². The average molecular weight is 1150 g/mol. The lowest BCUT2D eigenvalue weighted by molar-refractivity contribution is -0.303. The summed E-state index contributed by atoms with van der Waals surface area (Å²) in [5.74, 6) is -0.690. The molecule has 0 aliphatic carbocycles. The SMILES string of the molecule is CCCCCCCCCCCCCCCCCCCC/C=C\CCCCCCCCCCCCCCCCCCC(O)C(=O)NC(COC1OC(CO)C(O)C(O)C1O)C(O)C(O)CCCCCCCCCCCCCCCCCC. The molecule has 1 fully saturated rings. The Morgan fingerprint density at radius 1 is 0.420 bits per heavy atom. The number of aliphatic hydroxyl groups excluding tert-OH is 7. The normalized spacial score (nSPS) is 19.1. The molecule has 0 saturated carbocycles. The van der Waals surface area contributed by atoms with Gasteiger partial charge in [0.1, 0.15) is 36.6 Å². The van der Waals surface area contributed by atoms with E-state index < -0.39 is 74.2 Å². The fourth-order valence-corrected chi connectivity index (χ4v) is 11.9. The van der Waals surface area contributed by atoms with Gasteiger partial charge < -0.3 is 50.5 Å². The Bertz CT molecular complexity index is 1320. The van der Waals surface area contributed by atoms with E-state index in [1.807, 2.05) is 0 Å². The van der Waals surface area contributed by atoms with E-state index >= 15 is 0 Å². The first-order chi connectivity index (χ1) is 39.7. The predicted molar refractivity (Wildman–Crippen MR) is 339 cm³/mol. The maximum Gasteiger partial charge on any atom is 0.249 e. The first kappa shape index (κ1) is 77.9. The van der Waals surface area contributed by atoms with Crippen molar-refractivity contribution in [1.82, 2.24) is 5.32 Å². The molecule has 0 spiro atoms. The summed E-state index contributed by atoms with van der Waals surface area (Å²) in [5.41, 5.74) is 0. The van der Waals surface area contributed by atoms with E-state index in [1.165, 1.54) is 283 Å². The third-order valence-electron chi connectivity index (χ3n) is 17.6. The van der Waals surface area contributed by atoms with Gasteiger partial charge in [0.25, 0.3) is 0 Å². The number of carbonyl (C=O) groups is 1. The summed E-state index contributed by atoms with van der Waals surface area (Å²) >= 11 is 0. The number of aliphatic hydroxyl groups is 7. The number of ether oxygens (including phenoxy) is 2. The Morgan fingerprint density at radius 3 is 1.04 bits per heavy atom. The molecular weight excluding hydrogens is 1010 g/mol. The van der Waals surface area contributed by atoms with Crippen LogP contribution in [0.3, 0.4) is 0 Å². The van der Waals surface area contributed by atoms with Crippen LogP contribution in [0.15, 0.2) is 12.2 Å². The quantitative estimate of drug-likeness (QED) is 0.0215. The summed E-state index contributed by atoms with van der Waals surface area (Å²) in [6.07, 6.45) is 61.7. The highest BCUT2D eigenvalue weighted by Crippen LogP contribution is 2.24. The van der Waals surface area contributed by atoms with Crippen molar-refractivity contribution in [3.63, 3.8) is 0 Å². The molecular formula is C70H137NO10. The minimum atomic E-state index is -1.66. The molecule has 81 heavy (non-hydrogen) atoms. The zero-order chi connectivity index (χ0) is 58.9. The molecule has 1 saturated heterocycles. The third kappa shape index (κ3) is 46.7. The molecule has 11 nitrogen and oxygen atoms in total. The Kier molecular flexibility index (Phi) is 56.9. The Labute approximate surface area is 500 Å².